The molecular weight excluding hydrogens is 151 g/mol. The van der Waals surface area contributed by atoms with Crippen molar-refractivity contribution in [2.24, 2.45) is 0 Å². The van der Waals surface area contributed by atoms with E-state index in [-0.39, 0.29) is 0 Å². The highest BCUT2D eigenvalue weighted by atomic mass is 19.4. The van der Waals surface area contributed by atoms with Crippen molar-refractivity contribution < 1.29 is 22.4 Å². The molecule has 1 heterocycles. The molecular formula is C4HF3NO2. The molecule has 0 saturated carbocycles. The fourth-order valence-corrected chi connectivity index (χ4v) is 0.343. The molecule has 0 fully saturated rings. The molecule has 6 heteroatoms. The molecule has 10 heavy (non-hydrogen) atoms. The molecule has 0 spiro atoms. The predicted octanol–water partition coefficient (Wildman–Crippen LogP) is 1.37. The summed E-state index contributed by atoms with van der Waals surface area (Å²) in [7, 11) is 0. The summed E-state index contributed by atoms with van der Waals surface area (Å²) < 4.78 is 41.3. The lowest BCUT2D eigenvalue weighted by Gasteiger charge is -2.03. The maximum atomic E-state index is 11.3. The summed E-state index contributed by atoms with van der Waals surface area (Å²) in [6.45, 7) is 0. The molecule has 0 aliphatic rings. The maximum absolute atomic E-state index is 11.3. The molecule has 0 aromatic carbocycles. The van der Waals surface area contributed by atoms with Crippen LogP contribution >= 0.6 is 0 Å². The van der Waals surface area contributed by atoms with E-state index in [1.807, 2.05) is 6.20 Å². The number of rotatable bonds is 1. The normalized spacial score (nSPS) is 11.5. The van der Waals surface area contributed by atoms with Gasteiger partial charge in [0.15, 0.2) is 18.2 Å². The van der Waals surface area contributed by atoms with Crippen LogP contribution in [-0.4, -0.2) is 11.5 Å². The van der Waals surface area contributed by atoms with Crippen molar-refractivity contribution in [3.63, 3.8) is 0 Å². The molecule has 0 saturated heterocycles. The summed E-state index contributed by atoms with van der Waals surface area (Å²) in [6.07, 6.45) is -2.17. The lowest BCUT2D eigenvalue weighted by Crippen LogP contribution is -2.16. The number of alkyl halides is 3. The second-order valence-electron chi connectivity index (χ2n) is 1.34. The summed E-state index contributed by atoms with van der Waals surface area (Å²) in [5, 5.41) is 2.88. The zero-order valence-electron chi connectivity index (χ0n) is 4.47. The summed E-state index contributed by atoms with van der Waals surface area (Å²) >= 11 is 0. The molecule has 0 aliphatic carbocycles. The van der Waals surface area contributed by atoms with E-state index < -0.39 is 12.1 Å². The Kier molecular flexibility index (Phi) is 1.52. The standard InChI is InChI=1S/C4HF3NO2/c5-4(6,7)10-3-1-8-9-2-3/h2H. The third kappa shape index (κ3) is 1.96. The van der Waals surface area contributed by atoms with Gasteiger partial charge >= 0.3 is 6.36 Å². The number of hydrogen-bond acceptors (Lipinski definition) is 3. The third-order valence-electron chi connectivity index (χ3n) is 0.594. The van der Waals surface area contributed by atoms with Gasteiger partial charge in [-0.15, -0.1) is 13.2 Å². The highest BCUT2D eigenvalue weighted by Crippen LogP contribution is 2.20. The van der Waals surface area contributed by atoms with Gasteiger partial charge in [-0.3, -0.25) is 0 Å². The van der Waals surface area contributed by atoms with Gasteiger partial charge in [-0.05, 0) is 0 Å². The average molecular weight is 152 g/mol. The smallest absolute Gasteiger partial charge is 0.400 e. The van der Waals surface area contributed by atoms with Gasteiger partial charge in [0.2, 0.25) is 0 Å². The Morgan fingerprint density at radius 2 is 2.30 bits per heavy atom. The van der Waals surface area contributed by atoms with Gasteiger partial charge in [0.1, 0.15) is 0 Å². The molecule has 55 valence electrons. The molecule has 1 aromatic heterocycles. The minimum absolute atomic E-state index is 0.576. The van der Waals surface area contributed by atoms with E-state index in [9.17, 15) is 13.2 Å². The van der Waals surface area contributed by atoms with E-state index in [1.54, 1.807) is 0 Å². The number of nitrogens with zero attached hydrogens (tertiary/aromatic N) is 1. The van der Waals surface area contributed by atoms with E-state index in [2.05, 4.69) is 14.4 Å². The number of ether oxygens (including phenoxy) is 1. The quantitative estimate of drug-likeness (QED) is 0.609. The van der Waals surface area contributed by atoms with Crippen molar-refractivity contribution in [2.45, 2.75) is 6.36 Å². The fourth-order valence-electron chi connectivity index (χ4n) is 0.343. The van der Waals surface area contributed by atoms with Crippen molar-refractivity contribution in [3.05, 3.63) is 12.5 Å². The van der Waals surface area contributed by atoms with Gasteiger partial charge in [0, 0.05) is 0 Å². The van der Waals surface area contributed by atoms with Crippen LogP contribution in [0.5, 0.6) is 5.75 Å². The highest BCUT2D eigenvalue weighted by molar-refractivity contribution is 5.06. The van der Waals surface area contributed by atoms with E-state index in [4.69, 9.17) is 0 Å². The zero-order valence-corrected chi connectivity index (χ0v) is 4.47. The number of hydrogen-bond donors (Lipinski definition) is 0. The van der Waals surface area contributed by atoms with Crippen molar-refractivity contribution >= 4 is 0 Å². The van der Waals surface area contributed by atoms with Gasteiger partial charge in [-0.1, -0.05) is 5.16 Å². The molecule has 0 unspecified atom stereocenters. The number of aromatic nitrogens is 1. The van der Waals surface area contributed by atoms with Crippen LogP contribution in [0.2, 0.25) is 0 Å². The second kappa shape index (κ2) is 2.20. The summed E-state index contributed by atoms with van der Waals surface area (Å²) in [6, 6.07) is 0. The van der Waals surface area contributed by atoms with Crippen LogP contribution < -0.4 is 4.74 Å². The van der Waals surface area contributed by atoms with Gasteiger partial charge < -0.3 is 9.26 Å². The van der Waals surface area contributed by atoms with Crippen molar-refractivity contribution in [1.82, 2.24) is 5.16 Å². The molecule has 1 radical (unpaired) electrons. The van der Waals surface area contributed by atoms with Gasteiger partial charge in [0.05, 0.1) is 0 Å². The van der Waals surface area contributed by atoms with Gasteiger partial charge in [0.25, 0.3) is 0 Å². The Labute approximate surface area is 53.4 Å². The van der Waals surface area contributed by atoms with Crippen molar-refractivity contribution in [3.8, 4) is 5.75 Å². The lowest BCUT2D eigenvalue weighted by molar-refractivity contribution is -0.274. The molecule has 1 rings (SSSR count). The van der Waals surface area contributed by atoms with E-state index in [0.29, 0.717) is 6.26 Å². The van der Waals surface area contributed by atoms with Crippen LogP contribution in [0.25, 0.3) is 0 Å². The minimum atomic E-state index is -4.71. The Morgan fingerprint density at radius 1 is 1.60 bits per heavy atom. The first-order valence-electron chi connectivity index (χ1n) is 2.16. The SMILES string of the molecule is FC(F)(F)Oc1[c]noc1. The van der Waals surface area contributed by atoms with Crippen LogP contribution in [-0.2, 0) is 0 Å². The van der Waals surface area contributed by atoms with Crippen LogP contribution in [0.3, 0.4) is 0 Å². The van der Waals surface area contributed by atoms with Crippen molar-refractivity contribution in [2.75, 3.05) is 0 Å². The van der Waals surface area contributed by atoms with Gasteiger partial charge in [-0.2, -0.15) is 0 Å². The first-order chi connectivity index (χ1) is 4.58. The van der Waals surface area contributed by atoms with E-state index >= 15 is 0 Å². The zero-order chi connectivity index (χ0) is 7.61. The molecule has 0 bridgehead atoms. The number of halogens is 3. The topological polar surface area (TPSA) is 35.3 Å². The molecule has 3 nitrogen and oxygen atoms in total. The summed E-state index contributed by atoms with van der Waals surface area (Å²) in [5.74, 6) is -0.576. The van der Waals surface area contributed by atoms with Crippen molar-refractivity contribution in [1.29, 1.82) is 0 Å². The molecule has 0 atom stereocenters. The van der Waals surface area contributed by atoms with E-state index in [0.717, 1.165) is 0 Å². The van der Waals surface area contributed by atoms with Crippen LogP contribution in [0.4, 0.5) is 13.2 Å². The minimum Gasteiger partial charge on any atom is -0.400 e. The third-order valence-corrected chi connectivity index (χ3v) is 0.594. The monoisotopic (exact) mass is 152 g/mol. The first kappa shape index (κ1) is 6.91. The fraction of sp³-hybridized carbons (Fsp3) is 0.250. The first-order valence-corrected chi connectivity index (χ1v) is 2.16. The Hall–Kier alpha value is -1.20. The Morgan fingerprint density at radius 3 is 2.70 bits per heavy atom. The molecule has 1 aromatic rings. The van der Waals surface area contributed by atoms with Crippen LogP contribution in [0.1, 0.15) is 0 Å². The largest absolute Gasteiger partial charge is 0.573 e. The Balaban J connectivity index is 2.57. The maximum Gasteiger partial charge on any atom is 0.573 e. The molecule has 0 amide bonds. The van der Waals surface area contributed by atoms with E-state index in [1.165, 1.54) is 0 Å². The summed E-state index contributed by atoms with van der Waals surface area (Å²) in [4.78, 5) is 0. The average Bonchev–Trinajstić information content (AvgIpc) is 2.12. The second-order valence-corrected chi connectivity index (χ2v) is 1.34. The van der Waals surface area contributed by atoms with Crippen LogP contribution in [0, 0.1) is 6.20 Å². The Bertz CT molecular complexity index is 193. The van der Waals surface area contributed by atoms with Gasteiger partial charge in [-0.25, -0.2) is 0 Å². The highest BCUT2D eigenvalue weighted by Gasteiger charge is 2.31. The molecule has 0 aliphatic heterocycles. The summed E-state index contributed by atoms with van der Waals surface area (Å²) in [5.41, 5.74) is 0. The lowest BCUT2D eigenvalue weighted by atomic mass is 10.7. The molecule has 0 N–H and O–H groups in total. The van der Waals surface area contributed by atoms with Crippen LogP contribution in [0.15, 0.2) is 10.8 Å². The predicted molar refractivity (Wildman–Crippen MR) is 22.0 cm³/mol.